The summed E-state index contributed by atoms with van der Waals surface area (Å²) in [5, 5.41) is 6.07. The Morgan fingerprint density at radius 2 is 2.04 bits per heavy atom. The van der Waals surface area contributed by atoms with Gasteiger partial charge in [0.05, 0.1) is 17.7 Å². The Bertz CT molecular complexity index is 970. The number of hydrogen-bond acceptors (Lipinski definition) is 5. The highest BCUT2D eigenvalue weighted by atomic mass is 16.5. The molecule has 1 amide bonds. The SMILES string of the molecule is O=C(NC1CCC(Oc2ccc3ncccc3c2)CC1)c1cc(=O)[nH]o1. The Hall–Kier alpha value is -3.09. The number of carbonyl (C=O) groups excluding carboxylic acids is 1. The van der Waals surface area contributed by atoms with Gasteiger partial charge < -0.3 is 14.6 Å². The quantitative estimate of drug-likeness (QED) is 0.751. The third-order valence-electron chi connectivity index (χ3n) is 4.63. The first-order valence-corrected chi connectivity index (χ1v) is 8.68. The molecule has 0 spiro atoms. The van der Waals surface area contributed by atoms with Crippen LogP contribution in [-0.4, -0.2) is 28.2 Å². The number of aromatic amines is 1. The molecule has 3 aromatic rings. The van der Waals surface area contributed by atoms with Gasteiger partial charge in [-0.1, -0.05) is 6.07 Å². The largest absolute Gasteiger partial charge is 0.490 e. The number of hydrogen-bond donors (Lipinski definition) is 2. The van der Waals surface area contributed by atoms with Crippen LogP contribution in [0.25, 0.3) is 10.9 Å². The van der Waals surface area contributed by atoms with Gasteiger partial charge in [0.15, 0.2) is 0 Å². The Kier molecular flexibility index (Phi) is 4.43. The number of carbonyl (C=O) groups is 1. The van der Waals surface area contributed by atoms with Crippen LogP contribution >= 0.6 is 0 Å². The molecule has 7 heteroatoms. The van der Waals surface area contributed by atoms with E-state index in [1.165, 1.54) is 0 Å². The number of nitrogens with zero attached hydrogens (tertiary/aromatic N) is 1. The highest BCUT2D eigenvalue weighted by molar-refractivity contribution is 5.91. The first-order chi connectivity index (χ1) is 12.7. The molecular formula is C19H19N3O4. The van der Waals surface area contributed by atoms with E-state index < -0.39 is 5.56 Å². The number of ether oxygens (including phenoxy) is 1. The molecule has 1 fully saturated rings. The minimum absolute atomic E-state index is 0.0122. The molecule has 0 radical (unpaired) electrons. The Balaban J connectivity index is 1.31. The lowest BCUT2D eigenvalue weighted by Gasteiger charge is -2.29. The predicted octanol–water partition coefficient (Wildman–Crippen LogP) is 2.64. The average Bonchev–Trinajstić information content (AvgIpc) is 3.10. The Morgan fingerprint density at radius 1 is 1.19 bits per heavy atom. The molecule has 0 aliphatic heterocycles. The van der Waals surface area contributed by atoms with Gasteiger partial charge >= 0.3 is 0 Å². The van der Waals surface area contributed by atoms with E-state index in [0.717, 1.165) is 48.4 Å². The molecule has 0 atom stereocenters. The zero-order valence-electron chi connectivity index (χ0n) is 14.1. The van der Waals surface area contributed by atoms with Crippen LogP contribution in [0.3, 0.4) is 0 Å². The molecule has 2 aromatic heterocycles. The van der Waals surface area contributed by atoms with E-state index in [0.29, 0.717) is 0 Å². The van der Waals surface area contributed by atoms with E-state index in [4.69, 9.17) is 9.26 Å². The zero-order chi connectivity index (χ0) is 17.9. The Morgan fingerprint density at radius 3 is 2.81 bits per heavy atom. The maximum Gasteiger partial charge on any atom is 0.290 e. The molecule has 0 saturated heterocycles. The van der Waals surface area contributed by atoms with Gasteiger partial charge in [-0.3, -0.25) is 14.6 Å². The zero-order valence-corrected chi connectivity index (χ0v) is 14.1. The van der Waals surface area contributed by atoms with Crippen molar-refractivity contribution in [2.75, 3.05) is 0 Å². The number of fused-ring (bicyclic) bond motifs is 1. The van der Waals surface area contributed by atoms with Crippen LogP contribution in [0.2, 0.25) is 0 Å². The van der Waals surface area contributed by atoms with Gasteiger partial charge in [-0.25, -0.2) is 0 Å². The molecule has 1 aromatic carbocycles. The fourth-order valence-electron chi connectivity index (χ4n) is 3.30. The first kappa shape index (κ1) is 16.4. The molecular weight excluding hydrogens is 334 g/mol. The lowest BCUT2D eigenvalue weighted by Crippen LogP contribution is -2.39. The fourth-order valence-corrected chi connectivity index (χ4v) is 3.30. The number of pyridine rings is 1. The molecule has 26 heavy (non-hydrogen) atoms. The molecule has 0 bridgehead atoms. The number of aromatic nitrogens is 2. The summed E-state index contributed by atoms with van der Waals surface area (Å²) in [6.45, 7) is 0. The van der Waals surface area contributed by atoms with Gasteiger partial charge in [-0.15, -0.1) is 0 Å². The first-order valence-electron chi connectivity index (χ1n) is 8.68. The summed E-state index contributed by atoms with van der Waals surface area (Å²) in [4.78, 5) is 27.4. The average molecular weight is 353 g/mol. The van der Waals surface area contributed by atoms with E-state index >= 15 is 0 Å². The summed E-state index contributed by atoms with van der Waals surface area (Å²) in [6.07, 6.45) is 5.25. The Labute approximate surface area is 149 Å². The van der Waals surface area contributed by atoms with Crippen LogP contribution < -0.4 is 15.6 Å². The van der Waals surface area contributed by atoms with Gasteiger partial charge in [0.2, 0.25) is 5.76 Å². The highest BCUT2D eigenvalue weighted by Gasteiger charge is 2.25. The molecule has 134 valence electrons. The maximum absolute atomic E-state index is 12.0. The third-order valence-corrected chi connectivity index (χ3v) is 4.63. The van der Waals surface area contributed by atoms with Crippen LogP contribution in [0.4, 0.5) is 0 Å². The lowest BCUT2D eigenvalue weighted by atomic mass is 9.93. The number of benzene rings is 1. The second kappa shape index (κ2) is 7.03. The fraction of sp³-hybridized carbons (Fsp3) is 0.316. The molecule has 1 aliphatic carbocycles. The van der Waals surface area contributed by atoms with Crippen molar-refractivity contribution in [1.82, 2.24) is 15.5 Å². The standard InChI is InChI=1S/C19H19N3O4/c23-18-11-17(26-22-18)19(24)21-13-3-5-14(6-4-13)25-15-7-8-16-12(10-15)2-1-9-20-16/h1-2,7-11,13-14H,3-6H2,(H,21,24)(H,22,23). The summed E-state index contributed by atoms with van der Waals surface area (Å²) < 4.78 is 10.9. The van der Waals surface area contributed by atoms with E-state index in [1.807, 2.05) is 30.3 Å². The highest BCUT2D eigenvalue weighted by Crippen LogP contribution is 2.26. The van der Waals surface area contributed by atoms with Gasteiger partial charge in [-0.2, -0.15) is 5.16 Å². The molecule has 2 N–H and O–H groups in total. The van der Waals surface area contributed by atoms with Gasteiger partial charge in [-0.05, 0) is 49.9 Å². The predicted molar refractivity (Wildman–Crippen MR) is 95.2 cm³/mol. The summed E-state index contributed by atoms with van der Waals surface area (Å²) in [5.74, 6) is 0.486. The normalized spacial score (nSPS) is 20.0. The molecule has 2 heterocycles. The molecule has 7 nitrogen and oxygen atoms in total. The van der Waals surface area contributed by atoms with Crippen molar-refractivity contribution >= 4 is 16.8 Å². The van der Waals surface area contributed by atoms with Crippen LogP contribution in [0, 0.1) is 0 Å². The third kappa shape index (κ3) is 3.61. The van der Waals surface area contributed by atoms with Gasteiger partial charge in [0.1, 0.15) is 5.75 Å². The van der Waals surface area contributed by atoms with Crippen LogP contribution in [0.1, 0.15) is 36.2 Å². The van der Waals surface area contributed by atoms with Crippen molar-refractivity contribution in [2.24, 2.45) is 0 Å². The van der Waals surface area contributed by atoms with Crippen molar-refractivity contribution in [3.05, 3.63) is 58.7 Å². The number of amides is 1. The number of H-pyrrole nitrogens is 1. The molecule has 1 saturated carbocycles. The minimum Gasteiger partial charge on any atom is -0.490 e. The number of nitrogens with one attached hydrogen (secondary N) is 2. The van der Waals surface area contributed by atoms with Crippen LogP contribution in [-0.2, 0) is 0 Å². The van der Waals surface area contributed by atoms with Crippen molar-refractivity contribution in [3.63, 3.8) is 0 Å². The van der Waals surface area contributed by atoms with Crippen molar-refractivity contribution in [2.45, 2.75) is 37.8 Å². The maximum atomic E-state index is 12.0. The van der Waals surface area contributed by atoms with Crippen molar-refractivity contribution in [3.8, 4) is 5.75 Å². The van der Waals surface area contributed by atoms with Gasteiger partial charge in [0, 0.05) is 17.6 Å². The van der Waals surface area contributed by atoms with E-state index in [-0.39, 0.29) is 23.8 Å². The molecule has 0 unspecified atom stereocenters. The van der Waals surface area contributed by atoms with Crippen LogP contribution in [0.15, 0.2) is 51.9 Å². The summed E-state index contributed by atoms with van der Waals surface area (Å²) in [5.41, 5.74) is 0.528. The van der Waals surface area contributed by atoms with E-state index in [2.05, 4.69) is 15.5 Å². The minimum atomic E-state index is -0.419. The van der Waals surface area contributed by atoms with E-state index in [9.17, 15) is 9.59 Å². The summed E-state index contributed by atoms with van der Waals surface area (Å²) in [7, 11) is 0. The van der Waals surface area contributed by atoms with E-state index in [1.54, 1.807) is 6.20 Å². The molecule has 4 rings (SSSR count). The second-order valence-electron chi connectivity index (χ2n) is 6.50. The monoisotopic (exact) mass is 353 g/mol. The summed E-state index contributed by atoms with van der Waals surface area (Å²) >= 11 is 0. The van der Waals surface area contributed by atoms with Gasteiger partial charge in [0.25, 0.3) is 11.5 Å². The smallest absolute Gasteiger partial charge is 0.290 e. The van der Waals surface area contributed by atoms with Crippen molar-refractivity contribution in [1.29, 1.82) is 0 Å². The second-order valence-corrected chi connectivity index (χ2v) is 6.50. The summed E-state index contributed by atoms with van der Waals surface area (Å²) in [6, 6.07) is 11.0. The molecule has 1 aliphatic rings. The topological polar surface area (TPSA) is 97.2 Å². The van der Waals surface area contributed by atoms with Crippen LogP contribution in [0.5, 0.6) is 5.75 Å². The number of rotatable bonds is 4. The van der Waals surface area contributed by atoms with Crippen molar-refractivity contribution < 1.29 is 14.1 Å². The lowest BCUT2D eigenvalue weighted by molar-refractivity contribution is 0.0858.